The van der Waals surface area contributed by atoms with Gasteiger partial charge in [0.15, 0.2) is 15.6 Å². The molecule has 2 N–H and O–H groups in total. The number of likely N-dealkylation sites (N-methyl/N-ethyl adjacent to an activating group) is 1. The molecule has 1 aliphatic rings. The van der Waals surface area contributed by atoms with Crippen LogP contribution in [0.4, 0.5) is 5.82 Å². The fourth-order valence-electron chi connectivity index (χ4n) is 2.95. The monoisotopic (exact) mass is 358 g/mol. The highest BCUT2D eigenvalue weighted by Gasteiger charge is 2.33. The number of nitrogens with zero attached hydrogens (tertiary/aromatic N) is 3. The maximum absolute atomic E-state index is 12.6. The predicted octanol–water partition coefficient (Wildman–Crippen LogP) is -1.64. The van der Waals surface area contributed by atoms with Gasteiger partial charge in [-0.15, -0.1) is 0 Å². The number of ketones is 1. The van der Waals surface area contributed by atoms with Gasteiger partial charge in [-0.3, -0.25) is 23.6 Å². The maximum atomic E-state index is 12.6. The van der Waals surface area contributed by atoms with Crippen LogP contribution in [-0.4, -0.2) is 58.9 Å². The topological polar surface area (TPSA) is 124 Å². The molecular formula is C14H22N4O5S. The number of anilines is 1. The van der Waals surface area contributed by atoms with E-state index in [0.717, 1.165) is 9.13 Å². The van der Waals surface area contributed by atoms with Crippen LogP contribution < -0.4 is 17.0 Å². The molecule has 2 heterocycles. The van der Waals surface area contributed by atoms with Crippen LogP contribution in [0.5, 0.6) is 0 Å². The Balaban J connectivity index is 2.33. The molecule has 1 fully saturated rings. The Hall–Kier alpha value is -1.94. The van der Waals surface area contributed by atoms with E-state index in [4.69, 9.17) is 5.73 Å². The van der Waals surface area contributed by atoms with Gasteiger partial charge in [0.1, 0.15) is 11.4 Å². The number of sulfone groups is 1. The lowest BCUT2D eigenvalue weighted by molar-refractivity contribution is 0.0905. The van der Waals surface area contributed by atoms with Gasteiger partial charge in [-0.1, -0.05) is 6.92 Å². The normalized spacial score (nSPS) is 19.8. The van der Waals surface area contributed by atoms with Crippen molar-refractivity contribution in [3.63, 3.8) is 0 Å². The number of rotatable bonds is 5. The summed E-state index contributed by atoms with van der Waals surface area (Å²) in [5.41, 5.74) is 4.20. The summed E-state index contributed by atoms with van der Waals surface area (Å²) in [6, 6.07) is -0.249. The van der Waals surface area contributed by atoms with Crippen LogP contribution >= 0.6 is 0 Å². The van der Waals surface area contributed by atoms with Gasteiger partial charge in [0.2, 0.25) is 0 Å². The third-order valence-electron chi connectivity index (χ3n) is 4.47. The standard InChI is InChI=1S/C14H22N4O5S/c1-4-18(9-5-6-24(22,23)8-9)7-10(19)11-12(15)16(2)14(21)17(3)13(11)20/h9H,4-8,15H2,1-3H3. The fraction of sp³-hybridized carbons (Fsp3) is 0.643. The van der Waals surface area contributed by atoms with Gasteiger partial charge >= 0.3 is 5.69 Å². The molecule has 10 heteroatoms. The molecule has 24 heavy (non-hydrogen) atoms. The van der Waals surface area contributed by atoms with Gasteiger partial charge in [0.05, 0.1) is 18.1 Å². The van der Waals surface area contributed by atoms with Gasteiger partial charge in [-0.05, 0) is 13.0 Å². The molecule has 1 aromatic rings. The Morgan fingerprint density at radius 2 is 1.92 bits per heavy atom. The van der Waals surface area contributed by atoms with Crippen LogP contribution in [0, 0.1) is 0 Å². The molecule has 1 aromatic heterocycles. The quantitative estimate of drug-likeness (QED) is 0.626. The van der Waals surface area contributed by atoms with E-state index in [1.54, 1.807) is 4.90 Å². The highest BCUT2D eigenvalue weighted by molar-refractivity contribution is 7.91. The molecule has 1 saturated heterocycles. The van der Waals surface area contributed by atoms with Crippen molar-refractivity contribution in [1.29, 1.82) is 0 Å². The summed E-state index contributed by atoms with van der Waals surface area (Å²) in [7, 11) is -0.412. The molecule has 9 nitrogen and oxygen atoms in total. The molecule has 0 aliphatic carbocycles. The number of carbonyl (C=O) groups excluding carboxylic acids is 1. The van der Waals surface area contributed by atoms with Crippen molar-refractivity contribution in [2.24, 2.45) is 14.1 Å². The number of aromatic nitrogens is 2. The number of hydrogen-bond donors (Lipinski definition) is 1. The zero-order valence-corrected chi connectivity index (χ0v) is 14.8. The predicted molar refractivity (Wildman–Crippen MR) is 90.0 cm³/mol. The van der Waals surface area contributed by atoms with Crippen molar-refractivity contribution in [3.05, 3.63) is 26.4 Å². The molecule has 0 spiro atoms. The van der Waals surface area contributed by atoms with Crippen LogP contribution in [0.15, 0.2) is 9.59 Å². The lowest BCUT2D eigenvalue weighted by atomic mass is 10.1. The lowest BCUT2D eigenvalue weighted by Gasteiger charge is -2.25. The lowest BCUT2D eigenvalue weighted by Crippen LogP contribution is -2.45. The van der Waals surface area contributed by atoms with E-state index in [9.17, 15) is 22.8 Å². The summed E-state index contributed by atoms with van der Waals surface area (Å²) >= 11 is 0. The highest BCUT2D eigenvalue weighted by atomic mass is 32.2. The van der Waals surface area contributed by atoms with E-state index in [2.05, 4.69) is 0 Å². The van der Waals surface area contributed by atoms with Crippen molar-refractivity contribution < 1.29 is 13.2 Å². The minimum atomic E-state index is -3.08. The summed E-state index contributed by atoms with van der Waals surface area (Å²) < 4.78 is 25.1. The van der Waals surface area contributed by atoms with E-state index < -0.39 is 26.9 Å². The summed E-state index contributed by atoms with van der Waals surface area (Å²) in [5, 5.41) is 0. The van der Waals surface area contributed by atoms with E-state index in [-0.39, 0.29) is 35.5 Å². The van der Waals surface area contributed by atoms with Crippen LogP contribution in [0.1, 0.15) is 23.7 Å². The van der Waals surface area contributed by atoms with E-state index in [0.29, 0.717) is 13.0 Å². The van der Waals surface area contributed by atoms with Gasteiger partial charge < -0.3 is 5.73 Å². The third kappa shape index (κ3) is 3.29. The minimum Gasteiger partial charge on any atom is -0.384 e. The molecule has 1 aliphatic heterocycles. The fourth-order valence-corrected chi connectivity index (χ4v) is 4.71. The van der Waals surface area contributed by atoms with Crippen molar-refractivity contribution in [3.8, 4) is 0 Å². The Labute approximate surface area is 139 Å². The summed E-state index contributed by atoms with van der Waals surface area (Å²) in [5.74, 6) is -0.584. The van der Waals surface area contributed by atoms with Gasteiger partial charge in [-0.25, -0.2) is 13.2 Å². The Morgan fingerprint density at radius 1 is 1.29 bits per heavy atom. The Morgan fingerprint density at radius 3 is 2.42 bits per heavy atom. The number of nitrogen functional groups attached to an aromatic ring is 1. The minimum absolute atomic E-state index is 0.00882. The van der Waals surface area contributed by atoms with Crippen LogP contribution in [0.3, 0.4) is 0 Å². The average molecular weight is 358 g/mol. The molecule has 134 valence electrons. The van der Waals surface area contributed by atoms with E-state index >= 15 is 0 Å². The molecule has 2 rings (SSSR count). The maximum Gasteiger partial charge on any atom is 0.332 e. The number of Topliss-reactive ketones (excluding diaryl/α,β-unsaturated/α-hetero) is 1. The first-order chi connectivity index (χ1) is 11.1. The second-order valence-corrected chi connectivity index (χ2v) is 8.24. The molecule has 0 saturated carbocycles. The van der Waals surface area contributed by atoms with Crippen LogP contribution in [0.2, 0.25) is 0 Å². The van der Waals surface area contributed by atoms with Crippen LogP contribution in [-0.2, 0) is 23.9 Å². The van der Waals surface area contributed by atoms with Gasteiger partial charge in [0.25, 0.3) is 5.56 Å². The first-order valence-electron chi connectivity index (χ1n) is 7.62. The molecule has 0 aromatic carbocycles. The van der Waals surface area contributed by atoms with E-state index in [1.807, 2.05) is 6.92 Å². The highest BCUT2D eigenvalue weighted by Crippen LogP contribution is 2.18. The average Bonchev–Trinajstić information content (AvgIpc) is 2.88. The second kappa shape index (κ2) is 6.52. The molecule has 0 radical (unpaired) electrons. The molecular weight excluding hydrogens is 336 g/mol. The number of hydrogen-bond acceptors (Lipinski definition) is 7. The summed E-state index contributed by atoms with van der Waals surface area (Å²) in [6.45, 7) is 2.17. The Bertz CT molecular complexity index is 884. The van der Waals surface area contributed by atoms with Gasteiger partial charge in [-0.2, -0.15) is 0 Å². The number of carbonyl (C=O) groups is 1. The van der Waals surface area contributed by atoms with Crippen molar-refractivity contribution in [2.75, 3.05) is 30.3 Å². The van der Waals surface area contributed by atoms with Gasteiger partial charge in [0, 0.05) is 20.1 Å². The van der Waals surface area contributed by atoms with Crippen molar-refractivity contribution in [1.82, 2.24) is 14.0 Å². The number of nitrogens with two attached hydrogens (primary N) is 1. The smallest absolute Gasteiger partial charge is 0.332 e. The summed E-state index contributed by atoms with van der Waals surface area (Å²) in [6.07, 6.45) is 0.463. The third-order valence-corrected chi connectivity index (χ3v) is 6.22. The zero-order chi connectivity index (χ0) is 18.2. The first kappa shape index (κ1) is 18.4. The van der Waals surface area contributed by atoms with Crippen molar-refractivity contribution >= 4 is 21.4 Å². The molecule has 0 bridgehead atoms. The largest absolute Gasteiger partial charge is 0.384 e. The van der Waals surface area contributed by atoms with Crippen molar-refractivity contribution in [2.45, 2.75) is 19.4 Å². The van der Waals surface area contributed by atoms with E-state index in [1.165, 1.54) is 14.1 Å². The first-order valence-corrected chi connectivity index (χ1v) is 9.44. The Kier molecular flexibility index (Phi) is 5.00. The zero-order valence-electron chi connectivity index (χ0n) is 14.0. The SMILES string of the molecule is CCN(CC(=O)c1c(N)n(C)c(=O)n(C)c1=O)C1CCS(=O)(=O)C1. The molecule has 0 amide bonds. The molecule has 1 atom stereocenters. The summed E-state index contributed by atoms with van der Waals surface area (Å²) in [4.78, 5) is 38.4. The van der Waals surface area contributed by atoms with Crippen LogP contribution in [0.25, 0.3) is 0 Å². The molecule has 1 unspecified atom stereocenters. The second-order valence-electron chi connectivity index (χ2n) is 6.01.